The number of pyridine rings is 2. The van der Waals surface area contributed by atoms with E-state index < -0.39 is 0 Å². The predicted molar refractivity (Wildman–Crippen MR) is 162 cm³/mol. The lowest BCUT2D eigenvalue weighted by Gasteiger charge is -2.25. The van der Waals surface area contributed by atoms with Gasteiger partial charge in [0, 0.05) is 27.2 Å². The van der Waals surface area contributed by atoms with Crippen LogP contribution in [0.3, 0.4) is 0 Å². The van der Waals surface area contributed by atoms with Crippen LogP contribution in [0, 0.1) is 23.7 Å². The maximum Gasteiger partial charge on any atom is 0.229 e. The standard InChI is InChI=1S/C36H27N3O2/c1-3-7-30-24(5-1)26-13-15-32(37-35(26)40-30)39(33-16-14-27-25-6-2-4-8-31(25)41-36(27)38-33)23-11-9-20(10-12-23)34-28-18-21-17-22(28)19-29(21)34/h1-16,21-22,28-29,34H,17-19H2. The van der Waals surface area contributed by atoms with Crippen LogP contribution in [0.4, 0.5) is 17.3 Å². The zero-order valence-electron chi connectivity index (χ0n) is 22.4. The van der Waals surface area contributed by atoms with Crippen LogP contribution in [0.1, 0.15) is 30.7 Å². The fourth-order valence-electron chi connectivity index (χ4n) is 8.72. The lowest BCUT2D eigenvalue weighted by molar-refractivity contribution is 0.398. The molecule has 4 aliphatic carbocycles. The van der Waals surface area contributed by atoms with E-state index in [-0.39, 0.29) is 0 Å². The van der Waals surface area contributed by atoms with Gasteiger partial charge in [-0.25, -0.2) is 0 Å². The van der Waals surface area contributed by atoms with Gasteiger partial charge in [-0.15, -0.1) is 0 Å². The predicted octanol–water partition coefficient (Wildman–Crippen LogP) is 9.50. The summed E-state index contributed by atoms with van der Waals surface area (Å²) < 4.78 is 12.4. The molecule has 4 heterocycles. The molecule has 198 valence electrons. The quantitative estimate of drug-likeness (QED) is 0.225. The van der Waals surface area contributed by atoms with Crippen LogP contribution in [-0.4, -0.2) is 9.97 Å². The first-order valence-corrected chi connectivity index (χ1v) is 14.8. The number of benzene rings is 3. The minimum atomic E-state index is 0.622. The maximum absolute atomic E-state index is 6.18. The fourth-order valence-corrected chi connectivity index (χ4v) is 8.72. The topological polar surface area (TPSA) is 55.3 Å². The van der Waals surface area contributed by atoms with Crippen molar-refractivity contribution < 1.29 is 8.83 Å². The molecule has 4 atom stereocenters. The third-order valence-electron chi connectivity index (χ3n) is 10.3. The molecule has 0 saturated heterocycles. The van der Waals surface area contributed by atoms with Crippen LogP contribution >= 0.6 is 0 Å². The van der Waals surface area contributed by atoms with Crippen LogP contribution in [0.25, 0.3) is 44.1 Å². The lowest BCUT2D eigenvalue weighted by Crippen LogP contribution is -2.14. The molecule has 11 rings (SSSR count). The van der Waals surface area contributed by atoms with Crippen LogP contribution in [0.15, 0.2) is 106 Å². The Kier molecular flexibility index (Phi) is 4.30. The number of rotatable bonds is 4. The third kappa shape index (κ3) is 3.06. The maximum atomic E-state index is 6.18. The average molecular weight is 534 g/mol. The van der Waals surface area contributed by atoms with E-state index in [1.165, 1.54) is 24.8 Å². The molecule has 0 spiro atoms. The first kappa shape index (κ1) is 22.1. The Hall–Kier alpha value is -4.64. The zero-order valence-corrected chi connectivity index (χ0v) is 22.4. The molecule has 4 fully saturated rings. The van der Waals surface area contributed by atoms with Gasteiger partial charge in [0.2, 0.25) is 11.4 Å². The van der Waals surface area contributed by atoms with Crippen molar-refractivity contribution in [2.45, 2.75) is 25.2 Å². The van der Waals surface area contributed by atoms with E-state index in [1.807, 2.05) is 36.4 Å². The Morgan fingerprint density at radius 3 is 1.61 bits per heavy atom. The highest BCUT2D eigenvalue weighted by Crippen LogP contribution is 2.69. The Bertz CT molecular complexity index is 2010. The van der Waals surface area contributed by atoms with E-state index in [2.05, 4.69) is 65.6 Å². The largest absolute Gasteiger partial charge is 0.438 e. The van der Waals surface area contributed by atoms with E-state index in [9.17, 15) is 0 Å². The molecule has 3 aromatic carbocycles. The SMILES string of the molecule is c1ccc2c(c1)oc1nc(N(c3ccc(C4C5CC6CC5CC64)cc3)c3ccc4c(n3)oc3ccccc34)ccc12. The van der Waals surface area contributed by atoms with Crippen LogP contribution < -0.4 is 4.90 Å². The second kappa shape index (κ2) is 7.97. The molecule has 4 aliphatic rings. The number of hydrogen-bond donors (Lipinski definition) is 0. The van der Waals surface area contributed by atoms with Gasteiger partial charge in [-0.3, -0.25) is 4.90 Å². The van der Waals surface area contributed by atoms with Crippen molar-refractivity contribution in [3.63, 3.8) is 0 Å². The van der Waals surface area contributed by atoms with E-state index in [0.29, 0.717) is 11.4 Å². The second-order valence-electron chi connectivity index (χ2n) is 12.2. The third-order valence-corrected chi connectivity index (χ3v) is 10.3. The lowest BCUT2D eigenvalue weighted by atomic mass is 9.83. The van der Waals surface area contributed by atoms with Gasteiger partial charge < -0.3 is 8.83 Å². The Balaban J connectivity index is 1.12. The second-order valence-corrected chi connectivity index (χ2v) is 12.2. The van der Waals surface area contributed by atoms with Crippen molar-refractivity contribution in [1.82, 2.24) is 9.97 Å². The molecule has 0 N–H and O–H groups in total. The summed E-state index contributed by atoms with van der Waals surface area (Å²) in [7, 11) is 0. The summed E-state index contributed by atoms with van der Waals surface area (Å²) in [4.78, 5) is 12.2. The highest BCUT2D eigenvalue weighted by molar-refractivity contribution is 6.05. The smallest absolute Gasteiger partial charge is 0.229 e. The normalized spacial score (nSPS) is 24.5. The summed E-state index contributed by atoms with van der Waals surface area (Å²) in [6.07, 6.45) is 4.36. The molecule has 0 aliphatic heterocycles. The molecular formula is C36H27N3O2. The zero-order chi connectivity index (χ0) is 26.7. The minimum Gasteiger partial charge on any atom is -0.438 e. The summed E-state index contributed by atoms with van der Waals surface area (Å²) in [5.41, 5.74) is 5.45. The molecule has 7 aromatic rings. The van der Waals surface area contributed by atoms with Crippen molar-refractivity contribution in [2.24, 2.45) is 23.7 Å². The highest BCUT2D eigenvalue weighted by Gasteiger charge is 2.59. The van der Waals surface area contributed by atoms with Gasteiger partial charge in [0.25, 0.3) is 0 Å². The van der Waals surface area contributed by atoms with E-state index in [0.717, 1.165) is 79.6 Å². The van der Waals surface area contributed by atoms with Crippen molar-refractivity contribution >= 4 is 61.5 Å². The van der Waals surface area contributed by atoms with Gasteiger partial charge in [0.05, 0.1) is 0 Å². The first-order chi connectivity index (χ1) is 20.3. The number of nitrogens with zero attached hydrogens (tertiary/aromatic N) is 3. The summed E-state index contributed by atoms with van der Waals surface area (Å²) >= 11 is 0. The van der Waals surface area contributed by atoms with Gasteiger partial charge >= 0.3 is 0 Å². The van der Waals surface area contributed by atoms with E-state index in [4.69, 9.17) is 18.8 Å². The number of fused-ring (bicyclic) bond motifs is 6. The number of aromatic nitrogens is 2. The van der Waals surface area contributed by atoms with E-state index in [1.54, 1.807) is 0 Å². The molecule has 4 aromatic heterocycles. The van der Waals surface area contributed by atoms with Crippen molar-refractivity contribution in [2.75, 3.05) is 4.90 Å². The van der Waals surface area contributed by atoms with Crippen molar-refractivity contribution in [3.05, 3.63) is 103 Å². The van der Waals surface area contributed by atoms with Gasteiger partial charge in [0.15, 0.2) is 0 Å². The minimum absolute atomic E-state index is 0.622. The molecule has 4 saturated carbocycles. The highest BCUT2D eigenvalue weighted by atomic mass is 16.3. The van der Waals surface area contributed by atoms with Crippen molar-refractivity contribution in [1.29, 1.82) is 0 Å². The van der Waals surface area contributed by atoms with Crippen molar-refractivity contribution in [3.8, 4) is 0 Å². The van der Waals surface area contributed by atoms with Gasteiger partial charge in [0.1, 0.15) is 22.8 Å². The van der Waals surface area contributed by atoms with Crippen LogP contribution in [0.2, 0.25) is 0 Å². The van der Waals surface area contributed by atoms with Gasteiger partial charge in [-0.05, 0) is 103 Å². The molecular weight excluding hydrogens is 506 g/mol. The molecule has 0 radical (unpaired) electrons. The number of hydrogen-bond acceptors (Lipinski definition) is 5. The summed E-state index contributed by atoms with van der Waals surface area (Å²) in [5, 5.41) is 4.17. The Morgan fingerprint density at radius 2 is 1.07 bits per heavy atom. The molecule has 0 amide bonds. The van der Waals surface area contributed by atoms with Crippen LogP contribution in [-0.2, 0) is 0 Å². The number of para-hydroxylation sites is 2. The molecule has 4 bridgehead atoms. The molecule has 5 heteroatoms. The molecule has 4 unspecified atom stereocenters. The summed E-state index contributed by atoms with van der Waals surface area (Å²) in [6.45, 7) is 0. The monoisotopic (exact) mass is 533 g/mol. The fraction of sp³-hybridized carbons (Fsp3) is 0.222. The molecule has 41 heavy (non-hydrogen) atoms. The first-order valence-electron chi connectivity index (χ1n) is 14.8. The number of furan rings is 2. The number of anilines is 3. The summed E-state index contributed by atoms with van der Waals surface area (Å²) in [5.74, 6) is 5.96. The van der Waals surface area contributed by atoms with E-state index >= 15 is 0 Å². The Morgan fingerprint density at radius 1 is 0.537 bits per heavy atom. The van der Waals surface area contributed by atoms with Crippen LogP contribution in [0.5, 0.6) is 0 Å². The Labute approximate surface area is 236 Å². The van der Waals surface area contributed by atoms with Gasteiger partial charge in [-0.1, -0.05) is 48.5 Å². The van der Waals surface area contributed by atoms with Gasteiger partial charge in [-0.2, -0.15) is 9.97 Å². The molecule has 5 nitrogen and oxygen atoms in total. The summed E-state index contributed by atoms with van der Waals surface area (Å²) in [6, 6.07) is 33.7. The average Bonchev–Trinajstić information content (AvgIpc) is 3.85.